The van der Waals surface area contributed by atoms with Crippen LogP contribution in [0.5, 0.6) is 0 Å². The molecule has 1 saturated heterocycles. The first-order valence-electron chi connectivity index (χ1n) is 12.2. The summed E-state index contributed by atoms with van der Waals surface area (Å²) < 4.78 is 30.8. The van der Waals surface area contributed by atoms with E-state index >= 15 is 8.78 Å². The highest BCUT2D eigenvalue weighted by Crippen LogP contribution is 2.47. The van der Waals surface area contributed by atoms with Crippen LogP contribution < -0.4 is 10.9 Å². The maximum Gasteiger partial charge on any atom is 0.407 e. The molecule has 1 aliphatic heterocycles. The average molecular weight is 509 g/mol. The molecule has 0 spiro atoms. The van der Waals surface area contributed by atoms with Crippen LogP contribution in [-0.4, -0.2) is 44.1 Å². The molecule has 0 bridgehead atoms. The van der Waals surface area contributed by atoms with Crippen LogP contribution in [0.2, 0.25) is 0 Å². The monoisotopic (exact) mass is 508 g/mol. The fraction of sp³-hybridized carbons (Fsp3) is 0.423. The number of alkyl halides is 2. The van der Waals surface area contributed by atoms with Gasteiger partial charge in [-0.1, -0.05) is 18.2 Å². The molecular formula is C26H26F2N6O3. The number of nitrogens with zero attached hydrogens (tertiary/aromatic N) is 4. The molecular weight excluding hydrogens is 482 g/mol. The average Bonchev–Trinajstić information content (AvgIpc) is 3.69. The lowest BCUT2D eigenvalue weighted by molar-refractivity contribution is -0.0836. The van der Waals surface area contributed by atoms with E-state index in [2.05, 4.69) is 26.3 Å². The highest BCUT2D eigenvalue weighted by Gasteiger charge is 2.47. The molecule has 2 aromatic heterocycles. The van der Waals surface area contributed by atoms with Crippen molar-refractivity contribution in [1.82, 2.24) is 19.9 Å². The molecule has 1 amide bonds. The highest BCUT2D eigenvalue weighted by molar-refractivity contribution is 5.87. The number of hydrogen-bond donors (Lipinski definition) is 3. The number of carbonyl (C=O) groups is 1. The second kappa shape index (κ2) is 9.10. The molecule has 11 heteroatoms. The van der Waals surface area contributed by atoms with Crippen LogP contribution in [-0.2, 0) is 11.3 Å². The van der Waals surface area contributed by atoms with Crippen LogP contribution in [0.1, 0.15) is 55.3 Å². The Morgan fingerprint density at radius 1 is 1.30 bits per heavy atom. The van der Waals surface area contributed by atoms with Crippen molar-refractivity contribution in [2.75, 3.05) is 18.4 Å². The Morgan fingerprint density at radius 2 is 2.03 bits per heavy atom. The van der Waals surface area contributed by atoms with Crippen LogP contribution >= 0.6 is 0 Å². The van der Waals surface area contributed by atoms with Gasteiger partial charge in [-0.05, 0) is 50.3 Å². The van der Waals surface area contributed by atoms with E-state index in [0.717, 1.165) is 0 Å². The molecule has 192 valence electrons. The number of aromatic nitrogens is 3. The minimum atomic E-state index is -3.10. The largest absolute Gasteiger partial charge is 0.465 e. The van der Waals surface area contributed by atoms with E-state index < -0.39 is 29.4 Å². The summed E-state index contributed by atoms with van der Waals surface area (Å²) in [7, 11) is 0. The number of nitrogens with one attached hydrogen (secondary N) is 2. The van der Waals surface area contributed by atoms with Gasteiger partial charge in [0.25, 0.3) is 11.5 Å². The minimum absolute atomic E-state index is 0.0885. The first-order chi connectivity index (χ1) is 17.6. The lowest BCUT2D eigenvalue weighted by atomic mass is 9.85. The first kappa shape index (κ1) is 24.6. The standard InChI is InChI=1S/C26H26F2N6O3/c1-15(16-3-2-4-18(11-16)26(27,28)17-5-9-34(10-6-17)24(36)37)32-21-19-12-20(25(13-29)7-8-25)23(35)33-22(19)31-14-30-21/h2-4,11-12,14-15,17H,5-10H2,1H3,(H,36,37)(H2,30,31,32,33,35). The molecule has 0 radical (unpaired) electrons. The maximum absolute atomic E-state index is 15.4. The predicted octanol–water partition coefficient (Wildman–Crippen LogP) is 4.53. The second-order valence-electron chi connectivity index (χ2n) is 9.85. The van der Waals surface area contributed by atoms with Gasteiger partial charge in [-0.15, -0.1) is 0 Å². The zero-order valence-corrected chi connectivity index (χ0v) is 20.2. The number of carboxylic acid groups (broad SMARTS) is 1. The molecule has 1 aromatic carbocycles. The van der Waals surface area contributed by atoms with E-state index in [1.54, 1.807) is 18.2 Å². The zero-order valence-electron chi connectivity index (χ0n) is 20.2. The van der Waals surface area contributed by atoms with Crippen molar-refractivity contribution < 1.29 is 18.7 Å². The van der Waals surface area contributed by atoms with Crippen LogP contribution in [0.15, 0.2) is 41.5 Å². The second-order valence-corrected chi connectivity index (χ2v) is 9.85. The lowest BCUT2D eigenvalue weighted by Gasteiger charge is -2.35. The first-order valence-corrected chi connectivity index (χ1v) is 12.2. The Kier molecular flexibility index (Phi) is 6.06. The predicted molar refractivity (Wildman–Crippen MR) is 131 cm³/mol. The molecule has 3 aromatic rings. The van der Waals surface area contributed by atoms with Gasteiger partial charge in [-0.2, -0.15) is 5.26 Å². The number of piperidine rings is 1. The van der Waals surface area contributed by atoms with Crippen molar-refractivity contribution in [3.63, 3.8) is 0 Å². The number of H-pyrrole nitrogens is 1. The highest BCUT2D eigenvalue weighted by atomic mass is 19.3. The van der Waals surface area contributed by atoms with Crippen molar-refractivity contribution in [1.29, 1.82) is 5.26 Å². The Hall–Kier alpha value is -4.07. The summed E-state index contributed by atoms with van der Waals surface area (Å²) >= 11 is 0. The van der Waals surface area contributed by atoms with Gasteiger partial charge in [0.1, 0.15) is 17.8 Å². The van der Waals surface area contributed by atoms with Gasteiger partial charge in [0.2, 0.25) is 0 Å². The Morgan fingerprint density at radius 3 is 2.68 bits per heavy atom. The number of pyridine rings is 1. The molecule has 1 atom stereocenters. The molecule has 1 aliphatic carbocycles. The number of halogens is 2. The molecule has 2 aliphatic rings. The number of benzene rings is 1. The van der Waals surface area contributed by atoms with Crippen molar-refractivity contribution in [2.24, 2.45) is 5.92 Å². The third kappa shape index (κ3) is 4.48. The summed E-state index contributed by atoms with van der Waals surface area (Å²) in [5.41, 5.74) is 0.0572. The Balaban J connectivity index is 1.39. The molecule has 5 rings (SSSR count). The molecule has 3 heterocycles. The van der Waals surface area contributed by atoms with E-state index in [-0.39, 0.29) is 37.1 Å². The zero-order chi connectivity index (χ0) is 26.4. The number of rotatable bonds is 6. The summed E-state index contributed by atoms with van der Waals surface area (Å²) in [6.07, 6.45) is 1.63. The number of anilines is 1. The molecule has 9 nitrogen and oxygen atoms in total. The van der Waals surface area contributed by atoms with E-state index in [0.29, 0.717) is 40.8 Å². The SMILES string of the molecule is CC(Nc1ncnc2[nH]c(=O)c(C3(C#N)CC3)cc12)c1cccc(C(F)(F)C2CCN(C(=O)O)CC2)c1. The summed E-state index contributed by atoms with van der Waals surface area (Å²) in [5.74, 6) is -3.63. The lowest BCUT2D eigenvalue weighted by Crippen LogP contribution is -2.41. The Labute approximate surface area is 211 Å². The van der Waals surface area contributed by atoms with Gasteiger partial charge in [0.05, 0.1) is 16.9 Å². The van der Waals surface area contributed by atoms with Gasteiger partial charge in [-0.3, -0.25) is 4.79 Å². The van der Waals surface area contributed by atoms with Gasteiger partial charge in [-0.25, -0.2) is 23.5 Å². The smallest absolute Gasteiger partial charge is 0.407 e. The third-order valence-corrected chi connectivity index (χ3v) is 7.53. The third-order valence-electron chi connectivity index (χ3n) is 7.53. The van der Waals surface area contributed by atoms with E-state index in [4.69, 9.17) is 5.11 Å². The van der Waals surface area contributed by atoms with Gasteiger partial charge < -0.3 is 20.3 Å². The van der Waals surface area contributed by atoms with Crippen molar-refractivity contribution >= 4 is 22.9 Å². The number of hydrogen-bond acceptors (Lipinski definition) is 6. The minimum Gasteiger partial charge on any atom is -0.465 e. The van der Waals surface area contributed by atoms with Crippen LogP contribution in [0.25, 0.3) is 11.0 Å². The number of aromatic amines is 1. The number of amides is 1. The fourth-order valence-corrected chi connectivity index (χ4v) is 5.03. The van der Waals surface area contributed by atoms with Gasteiger partial charge in [0, 0.05) is 36.2 Å². The molecule has 3 N–H and O–H groups in total. The molecule has 1 saturated carbocycles. The number of likely N-dealkylation sites (tertiary alicyclic amines) is 1. The van der Waals surface area contributed by atoms with E-state index in [9.17, 15) is 14.9 Å². The van der Waals surface area contributed by atoms with Gasteiger partial charge >= 0.3 is 6.09 Å². The number of fused-ring (bicyclic) bond motifs is 1. The maximum atomic E-state index is 15.4. The summed E-state index contributed by atoms with van der Waals surface area (Å²) in [6, 6.07) is 9.66. The summed E-state index contributed by atoms with van der Waals surface area (Å²) in [6.45, 7) is 2.00. The van der Waals surface area contributed by atoms with Crippen LogP contribution in [0.4, 0.5) is 19.4 Å². The fourth-order valence-electron chi connectivity index (χ4n) is 5.03. The van der Waals surface area contributed by atoms with Crippen LogP contribution in [0, 0.1) is 17.2 Å². The van der Waals surface area contributed by atoms with Crippen LogP contribution in [0.3, 0.4) is 0 Å². The molecule has 2 fully saturated rings. The van der Waals surface area contributed by atoms with Crippen molar-refractivity contribution in [3.05, 3.63) is 63.7 Å². The topological polar surface area (TPSA) is 135 Å². The van der Waals surface area contributed by atoms with E-state index in [1.807, 2.05) is 6.92 Å². The molecule has 1 unspecified atom stereocenters. The van der Waals surface area contributed by atoms with E-state index in [1.165, 1.54) is 23.4 Å². The Bertz CT molecular complexity index is 1450. The quantitative estimate of drug-likeness (QED) is 0.445. The van der Waals surface area contributed by atoms with Crippen molar-refractivity contribution in [2.45, 2.75) is 50.0 Å². The molecule has 37 heavy (non-hydrogen) atoms. The van der Waals surface area contributed by atoms with Crippen molar-refractivity contribution in [3.8, 4) is 6.07 Å². The van der Waals surface area contributed by atoms with Gasteiger partial charge in [0.15, 0.2) is 0 Å². The normalized spacial score (nSPS) is 18.3. The summed E-state index contributed by atoms with van der Waals surface area (Å²) in [5, 5.41) is 22.4. The summed E-state index contributed by atoms with van der Waals surface area (Å²) in [4.78, 5) is 36.0. The number of nitriles is 1.